The zero-order valence-electron chi connectivity index (χ0n) is 21.7. The molecule has 0 spiro atoms. The number of rotatable bonds is 8. The van der Waals surface area contributed by atoms with Crippen LogP contribution in [0.2, 0.25) is 0 Å². The molecule has 0 saturated heterocycles. The van der Waals surface area contributed by atoms with Crippen molar-refractivity contribution in [1.82, 2.24) is 9.80 Å². The Morgan fingerprint density at radius 3 is 2.63 bits per heavy atom. The number of carbonyl (C=O) groups excluding carboxylic acids is 2. The summed E-state index contributed by atoms with van der Waals surface area (Å²) in [4.78, 5) is 30.3. The Bertz CT molecular complexity index is 881. The van der Waals surface area contributed by atoms with Crippen LogP contribution in [0.15, 0.2) is 18.2 Å². The van der Waals surface area contributed by atoms with Gasteiger partial charge in [-0.3, -0.25) is 9.59 Å². The van der Waals surface area contributed by atoms with Crippen LogP contribution in [-0.4, -0.2) is 72.2 Å². The Morgan fingerprint density at radius 1 is 1.20 bits per heavy atom. The third kappa shape index (κ3) is 6.98. The molecule has 2 amide bonds. The van der Waals surface area contributed by atoms with Gasteiger partial charge < -0.3 is 25.0 Å². The molecule has 2 saturated carbocycles. The molecule has 2 fully saturated rings. The molecular weight excluding hydrogens is 442 g/mol. The summed E-state index contributed by atoms with van der Waals surface area (Å²) in [6.07, 6.45) is 8.03. The molecule has 1 aromatic rings. The number of hydrogen-bond donors (Lipinski definition) is 2. The largest absolute Gasteiger partial charge is 0.488 e. The second kappa shape index (κ2) is 11.7. The number of carbonyl (C=O) groups is 2. The number of aliphatic hydroxyl groups is 1. The van der Waals surface area contributed by atoms with E-state index in [0.29, 0.717) is 18.0 Å². The van der Waals surface area contributed by atoms with Crippen molar-refractivity contribution >= 4 is 17.5 Å². The third-order valence-electron chi connectivity index (χ3n) is 7.92. The number of benzene rings is 1. The molecule has 7 heteroatoms. The van der Waals surface area contributed by atoms with E-state index in [1.54, 1.807) is 4.90 Å². The minimum atomic E-state index is -0.259. The molecule has 3 aliphatic rings. The molecule has 35 heavy (non-hydrogen) atoms. The van der Waals surface area contributed by atoms with Crippen LogP contribution in [0.4, 0.5) is 5.69 Å². The average molecular weight is 486 g/mol. The van der Waals surface area contributed by atoms with Gasteiger partial charge in [0, 0.05) is 42.7 Å². The van der Waals surface area contributed by atoms with Gasteiger partial charge in [-0.2, -0.15) is 0 Å². The number of ether oxygens (including phenoxy) is 1. The Hall–Kier alpha value is -2.12. The van der Waals surface area contributed by atoms with Crippen LogP contribution in [0, 0.1) is 17.8 Å². The fraction of sp³-hybridized carbons (Fsp3) is 0.714. The van der Waals surface area contributed by atoms with E-state index in [-0.39, 0.29) is 48.8 Å². The molecule has 3 atom stereocenters. The number of amides is 2. The van der Waals surface area contributed by atoms with Crippen molar-refractivity contribution in [3.05, 3.63) is 23.8 Å². The standard InChI is InChI=1S/C28H43N3O4/c1-19-15-31(20(2)18-32)27(33)14-23-13-24(29-28(34)22-7-5-4-6-8-22)11-12-25(23)35-26(19)17-30(3)16-21-9-10-21/h11-13,19-22,26,32H,4-10,14-18H2,1-3H3,(H,29,34)/t19-,20+,26+/m1/s1. The van der Waals surface area contributed by atoms with Crippen LogP contribution in [-0.2, 0) is 16.0 Å². The zero-order chi connectivity index (χ0) is 24.9. The molecular formula is C28H43N3O4. The van der Waals surface area contributed by atoms with Crippen LogP contribution in [0.5, 0.6) is 5.75 Å². The lowest BCUT2D eigenvalue weighted by molar-refractivity contribution is -0.134. The van der Waals surface area contributed by atoms with Gasteiger partial charge >= 0.3 is 0 Å². The number of fused-ring (bicyclic) bond motifs is 1. The van der Waals surface area contributed by atoms with E-state index in [1.807, 2.05) is 25.1 Å². The highest BCUT2D eigenvalue weighted by molar-refractivity contribution is 5.93. The van der Waals surface area contributed by atoms with E-state index in [9.17, 15) is 14.7 Å². The van der Waals surface area contributed by atoms with Crippen molar-refractivity contribution in [2.24, 2.45) is 17.8 Å². The molecule has 1 heterocycles. The van der Waals surface area contributed by atoms with E-state index < -0.39 is 0 Å². The van der Waals surface area contributed by atoms with E-state index in [1.165, 1.54) is 19.3 Å². The van der Waals surface area contributed by atoms with Gasteiger partial charge in [-0.25, -0.2) is 0 Å². The highest BCUT2D eigenvalue weighted by atomic mass is 16.5. The lowest BCUT2D eigenvalue weighted by Gasteiger charge is -2.34. The van der Waals surface area contributed by atoms with E-state index in [0.717, 1.165) is 50.3 Å². The zero-order valence-corrected chi connectivity index (χ0v) is 21.7. The number of aliphatic hydroxyl groups excluding tert-OH is 1. The van der Waals surface area contributed by atoms with Crippen molar-refractivity contribution in [3.63, 3.8) is 0 Å². The van der Waals surface area contributed by atoms with Crippen LogP contribution >= 0.6 is 0 Å². The van der Waals surface area contributed by atoms with Gasteiger partial charge in [0.15, 0.2) is 0 Å². The molecule has 0 bridgehead atoms. The first-order chi connectivity index (χ1) is 16.8. The first-order valence-corrected chi connectivity index (χ1v) is 13.5. The van der Waals surface area contributed by atoms with E-state index in [2.05, 4.69) is 24.2 Å². The maximum Gasteiger partial charge on any atom is 0.227 e. The van der Waals surface area contributed by atoms with Crippen LogP contribution in [0.25, 0.3) is 0 Å². The van der Waals surface area contributed by atoms with Gasteiger partial charge in [-0.1, -0.05) is 26.2 Å². The van der Waals surface area contributed by atoms with Crippen molar-refractivity contribution in [2.45, 2.75) is 77.4 Å². The molecule has 0 radical (unpaired) electrons. The lowest BCUT2D eigenvalue weighted by Crippen LogP contribution is -2.47. The van der Waals surface area contributed by atoms with Gasteiger partial charge in [0.2, 0.25) is 11.8 Å². The minimum Gasteiger partial charge on any atom is -0.488 e. The van der Waals surface area contributed by atoms with Gasteiger partial charge in [0.05, 0.1) is 19.1 Å². The molecule has 1 aliphatic heterocycles. The molecule has 0 unspecified atom stereocenters. The topological polar surface area (TPSA) is 82.1 Å². The van der Waals surface area contributed by atoms with E-state index in [4.69, 9.17) is 4.74 Å². The summed E-state index contributed by atoms with van der Waals surface area (Å²) in [6, 6.07) is 5.44. The van der Waals surface area contributed by atoms with Gasteiger partial charge in [-0.05, 0) is 63.8 Å². The number of anilines is 1. The number of nitrogens with zero attached hydrogens (tertiary/aromatic N) is 2. The summed E-state index contributed by atoms with van der Waals surface area (Å²) in [6.45, 7) is 6.34. The Labute approximate surface area is 210 Å². The van der Waals surface area contributed by atoms with Gasteiger partial charge in [0.1, 0.15) is 11.9 Å². The number of nitrogens with one attached hydrogen (secondary N) is 1. The maximum absolute atomic E-state index is 13.4. The highest BCUT2D eigenvalue weighted by Gasteiger charge is 2.32. The maximum atomic E-state index is 13.4. The Morgan fingerprint density at radius 2 is 1.94 bits per heavy atom. The van der Waals surface area contributed by atoms with Gasteiger partial charge in [0.25, 0.3) is 0 Å². The van der Waals surface area contributed by atoms with Crippen LogP contribution in [0.1, 0.15) is 64.4 Å². The lowest BCUT2D eigenvalue weighted by atomic mass is 9.88. The molecule has 194 valence electrons. The van der Waals surface area contributed by atoms with Crippen LogP contribution < -0.4 is 10.1 Å². The van der Waals surface area contributed by atoms with Gasteiger partial charge in [-0.15, -0.1) is 0 Å². The van der Waals surface area contributed by atoms with Crippen molar-refractivity contribution in [2.75, 3.05) is 38.6 Å². The highest BCUT2D eigenvalue weighted by Crippen LogP contribution is 2.32. The smallest absolute Gasteiger partial charge is 0.227 e. The summed E-state index contributed by atoms with van der Waals surface area (Å²) >= 11 is 0. The van der Waals surface area contributed by atoms with E-state index >= 15 is 0 Å². The molecule has 1 aromatic carbocycles. The molecule has 4 rings (SSSR count). The quantitative estimate of drug-likeness (QED) is 0.587. The summed E-state index contributed by atoms with van der Waals surface area (Å²) in [5.41, 5.74) is 1.50. The SMILES string of the molecule is C[C@@H]1CN([C@@H](C)CO)C(=O)Cc2cc(NC(=O)C3CCCCC3)ccc2O[C@H]1CN(C)CC1CC1. The molecule has 2 N–H and O–H groups in total. The van der Waals surface area contributed by atoms with Crippen molar-refractivity contribution < 1.29 is 19.4 Å². The summed E-state index contributed by atoms with van der Waals surface area (Å²) < 4.78 is 6.59. The Kier molecular flexibility index (Phi) is 8.71. The first kappa shape index (κ1) is 26.0. The summed E-state index contributed by atoms with van der Waals surface area (Å²) in [5.74, 6) is 1.73. The monoisotopic (exact) mass is 485 g/mol. The molecule has 2 aliphatic carbocycles. The normalized spacial score (nSPS) is 24.7. The second-order valence-electron chi connectivity index (χ2n) is 11.2. The average Bonchev–Trinajstić information content (AvgIpc) is 3.66. The molecule has 7 nitrogen and oxygen atoms in total. The van der Waals surface area contributed by atoms with Crippen LogP contribution in [0.3, 0.4) is 0 Å². The third-order valence-corrected chi connectivity index (χ3v) is 7.92. The fourth-order valence-electron chi connectivity index (χ4n) is 5.46. The van der Waals surface area contributed by atoms with Crippen molar-refractivity contribution in [1.29, 1.82) is 0 Å². The van der Waals surface area contributed by atoms with Crippen molar-refractivity contribution in [3.8, 4) is 5.75 Å². The predicted molar refractivity (Wildman–Crippen MR) is 137 cm³/mol. The molecule has 0 aromatic heterocycles. The number of hydrogen-bond acceptors (Lipinski definition) is 5. The second-order valence-corrected chi connectivity index (χ2v) is 11.2. The predicted octanol–water partition coefficient (Wildman–Crippen LogP) is 3.70. The number of likely N-dealkylation sites (N-methyl/N-ethyl adjacent to an activating group) is 1. The summed E-state index contributed by atoms with van der Waals surface area (Å²) in [5, 5.41) is 12.9. The minimum absolute atomic E-state index is 0.0222. The summed E-state index contributed by atoms with van der Waals surface area (Å²) in [7, 11) is 2.14. The Balaban J connectivity index is 1.56. The fourth-order valence-corrected chi connectivity index (χ4v) is 5.46. The first-order valence-electron chi connectivity index (χ1n) is 13.5.